The van der Waals surface area contributed by atoms with E-state index in [1.54, 1.807) is 25.3 Å². The fourth-order valence-corrected chi connectivity index (χ4v) is 2.94. The summed E-state index contributed by atoms with van der Waals surface area (Å²) in [5, 5.41) is 4.10. The largest absolute Gasteiger partial charge is 0.497 e. The third-order valence-electron chi connectivity index (χ3n) is 3.71. The van der Waals surface area contributed by atoms with E-state index in [-0.39, 0.29) is 11.3 Å². The molecule has 5 heteroatoms. The molecule has 1 saturated heterocycles. The summed E-state index contributed by atoms with van der Waals surface area (Å²) in [5.74, 6) is 1.55. The molecule has 1 fully saturated rings. The van der Waals surface area contributed by atoms with Crippen LogP contribution in [-0.2, 0) is 0 Å². The fourth-order valence-electron chi connectivity index (χ4n) is 2.65. The number of hydrogen-bond acceptors (Lipinski definition) is 4. The van der Waals surface area contributed by atoms with Crippen molar-refractivity contribution >= 4 is 22.6 Å². The average Bonchev–Trinajstić information content (AvgIpc) is 2.47. The van der Waals surface area contributed by atoms with E-state index in [4.69, 9.17) is 20.8 Å². The molecule has 2 aromatic rings. The predicted molar refractivity (Wildman–Crippen MR) is 78.9 cm³/mol. The predicted octanol–water partition coefficient (Wildman–Crippen LogP) is 2.92. The number of hydrogen-bond donors (Lipinski definition) is 1. The Kier molecular flexibility index (Phi) is 3.68. The molecule has 2 heterocycles. The summed E-state index contributed by atoms with van der Waals surface area (Å²) in [6, 6.07) is 4.91. The van der Waals surface area contributed by atoms with E-state index >= 15 is 0 Å². The van der Waals surface area contributed by atoms with Gasteiger partial charge in [0.15, 0.2) is 5.43 Å². The molecule has 0 radical (unpaired) electrons. The van der Waals surface area contributed by atoms with Gasteiger partial charge in [0.2, 0.25) is 0 Å². The lowest BCUT2D eigenvalue weighted by atomic mass is 9.96. The summed E-state index contributed by atoms with van der Waals surface area (Å²) < 4.78 is 11.1. The maximum atomic E-state index is 12.3. The standard InChI is InChI=1S/C15H16ClNO3/c1-19-10-5-11(16)15-12(18)7-13(20-14(15)6-10)9-3-2-4-17-8-9/h5-7,9,17H,2-4,8H2,1H3. The first-order chi connectivity index (χ1) is 9.69. The third-order valence-corrected chi connectivity index (χ3v) is 4.01. The normalized spacial score (nSPS) is 19.2. The molecule has 1 aliphatic heterocycles. The molecule has 0 aliphatic carbocycles. The highest BCUT2D eigenvalue weighted by atomic mass is 35.5. The van der Waals surface area contributed by atoms with Crippen molar-refractivity contribution in [3.63, 3.8) is 0 Å². The van der Waals surface area contributed by atoms with Crippen molar-refractivity contribution in [2.45, 2.75) is 18.8 Å². The third kappa shape index (κ3) is 2.41. The van der Waals surface area contributed by atoms with Gasteiger partial charge in [-0.15, -0.1) is 0 Å². The van der Waals surface area contributed by atoms with Gasteiger partial charge in [0.25, 0.3) is 0 Å². The number of benzene rings is 1. The lowest BCUT2D eigenvalue weighted by molar-refractivity contribution is 0.392. The molecule has 4 nitrogen and oxygen atoms in total. The Morgan fingerprint density at radius 3 is 2.95 bits per heavy atom. The zero-order valence-corrected chi connectivity index (χ0v) is 12.0. The Bertz CT molecular complexity index is 689. The van der Waals surface area contributed by atoms with Gasteiger partial charge in [0, 0.05) is 24.6 Å². The van der Waals surface area contributed by atoms with E-state index in [0.717, 1.165) is 31.7 Å². The minimum absolute atomic E-state index is 0.0977. The minimum Gasteiger partial charge on any atom is -0.497 e. The molecule has 1 unspecified atom stereocenters. The molecule has 20 heavy (non-hydrogen) atoms. The zero-order chi connectivity index (χ0) is 14.1. The molecule has 1 aliphatic rings. The molecule has 1 aromatic heterocycles. The number of ether oxygens (including phenoxy) is 1. The highest BCUT2D eigenvalue weighted by Crippen LogP contribution is 2.30. The summed E-state index contributed by atoms with van der Waals surface area (Å²) in [6.07, 6.45) is 2.12. The molecule has 0 spiro atoms. The lowest BCUT2D eigenvalue weighted by Gasteiger charge is -2.21. The van der Waals surface area contributed by atoms with E-state index in [9.17, 15) is 4.79 Å². The Labute approximate surface area is 121 Å². The topological polar surface area (TPSA) is 51.5 Å². The summed E-state index contributed by atoms with van der Waals surface area (Å²) in [5.41, 5.74) is 0.391. The van der Waals surface area contributed by atoms with Crippen LogP contribution in [0.5, 0.6) is 5.75 Å². The van der Waals surface area contributed by atoms with Crippen LogP contribution < -0.4 is 15.5 Å². The zero-order valence-electron chi connectivity index (χ0n) is 11.2. The summed E-state index contributed by atoms with van der Waals surface area (Å²) in [7, 11) is 1.56. The monoisotopic (exact) mass is 293 g/mol. The molecular formula is C15H16ClNO3. The van der Waals surface area contributed by atoms with E-state index < -0.39 is 0 Å². The van der Waals surface area contributed by atoms with E-state index in [0.29, 0.717) is 21.7 Å². The second kappa shape index (κ2) is 5.46. The molecule has 3 rings (SSSR count). The number of rotatable bonds is 2. The Balaban J connectivity index is 2.14. The van der Waals surface area contributed by atoms with Crippen LogP contribution in [0.25, 0.3) is 11.0 Å². The Morgan fingerprint density at radius 1 is 1.40 bits per heavy atom. The van der Waals surface area contributed by atoms with Crippen LogP contribution in [0.1, 0.15) is 24.5 Å². The van der Waals surface area contributed by atoms with E-state index in [2.05, 4.69) is 5.32 Å². The van der Waals surface area contributed by atoms with Gasteiger partial charge in [-0.2, -0.15) is 0 Å². The highest BCUT2D eigenvalue weighted by Gasteiger charge is 2.20. The smallest absolute Gasteiger partial charge is 0.194 e. The molecule has 0 amide bonds. The first-order valence-electron chi connectivity index (χ1n) is 6.71. The van der Waals surface area contributed by atoms with Crippen LogP contribution in [-0.4, -0.2) is 20.2 Å². The van der Waals surface area contributed by atoms with E-state index in [1.807, 2.05) is 0 Å². The molecule has 1 atom stereocenters. The number of methoxy groups -OCH3 is 1. The van der Waals surface area contributed by atoms with Gasteiger partial charge in [0.05, 0.1) is 17.5 Å². The van der Waals surface area contributed by atoms with Gasteiger partial charge >= 0.3 is 0 Å². The Hall–Kier alpha value is -1.52. The van der Waals surface area contributed by atoms with Crippen LogP contribution in [0.3, 0.4) is 0 Å². The van der Waals surface area contributed by atoms with Crippen molar-refractivity contribution in [1.82, 2.24) is 5.32 Å². The minimum atomic E-state index is -0.0977. The Morgan fingerprint density at radius 2 is 2.25 bits per heavy atom. The quantitative estimate of drug-likeness (QED) is 0.925. The number of nitrogens with one attached hydrogen (secondary N) is 1. The first kappa shape index (κ1) is 13.5. The second-order valence-corrected chi connectivity index (χ2v) is 5.45. The molecule has 1 N–H and O–H groups in total. The van der Waals surface area contributed by atoms with Crippen molar-refractivity contribution in [2.24, 2.45) is 0 Å². The van der Waals surface area contributed by atoms with Crippen LogP contribution >= 0.6 is 11.6 Å². The molecule has 0 bridgehead atoms. The van der Waals surface area contributed by atoms with Gasteiger partial charge < -0.3 is 14.5 Å². The lowest BCUT2D eigenvalue weighted by Crippen LogP contribution is -2.28. The first-order valence-corrected chi connectivity index (χ1v) is 7.09. The molecule has 0 saturated carbocycles. The summed E-state index contributed by atoms with van der Waals surface area (Å²) >= 11 is 6.13. The molecular weight excluding hydrogens is 278 g/mol. The van der Waals surface area contributed by atoms with Crippen molar-refractivity contribution < 1.29 is 9.15 Å². The van der Waals surface area contributed by atoms with Crippen LogP contribution in [0, 0.1) is 0 Å². The summed E-state index contributed by atoms with van der Waals surface area (Å²) in [6.45, 7) is 1.86. The van der Waals surface area contributed by atoms with Crippen molar-refractivity contribution in [3.05, 3.63) is 39.2 Å². The van der Waals surface area contributed by atoms with Gasteiger partial charge in [0.1, 0.15) is 17.1 Å². The number of fused-ring (bicyclic) bond motifs is 1. The van der Waals surface area contributed by atoms with Crippen LogP contribution in [0.4, 0.5) is 0 Å². The maximum Gasteiger partial charge on any atom is 0.194 e. The van der Waals surface area contributed by atoms with Crippen molar-refractivity contribution in [3.8, 4) is 5.75 Å². The second-order valence-electron chi connectivity index (χ2n) is 5.04. The van der Waals surface area contributed by atoms with Gasteiger partial charge in [-0.25, -0.2) is 0 Å². The summed E-state index contributed by atoms with van der Waals surface area (Å²) in [4.78, 5) is 12.3. The average molecular weight is 294 g/mol. The van der Waals surface area contributed by atoms with Gasteiger partial charge in [-0.1, -0.05) is 11.6 Å². The highest BCUT2D eigenvalue weighted by molar-refractivity contribution is 6.35. The van der Waals surface area contributed by atoms with Crippen LogP contribution in [0.2, 0.25) is 5.02 Å². The van der Waals surface area contributed by atoms with Crippen molar-refractivity contribution in [2.75, 3.05) is 20.2 Å². The maximum absolute atomic E-state index is 12.3. The molecule has 106 valence electrons. The SMILES string of the molecule is COc1cc(Cl)c2c(=O)cc(C3CCCNC3)oc2c1. The number of piperidine rings is 1. The van der Waals surface area contributed by atoms with E-state index in [1.165, 1.54) is 0 Å². The number of halogens is 1. The fraction of sp³-hybridized carbons (Fsp3) is 0.400. The molecule has 1 aromatic carbocycles. The van der Waals surface area contributed by atoms with Gasteiger partial charge in [-0.3, -0.25) is 4.79 Å². The van der Waals surface area contributed by atoms with Crippen molar-refractivity contribution in [1.29, 1.82) is 0 Å². The van der Waals surface area contributed by atoms with Crippen LogP contribution in [0.15, 0.2) is 27.4 Å². The van der Waals surface area contributed by atoms with Gasteiger partial charge in [-0.05, 0) is 25.5 Å².